The lowest BCUT2D eigenvalue weighted by atomic mass is 10.1. The van der Waals surface area contributed by atoms with Crippen LogP contribution in [0.5, 0.6) is 0 Å². The summed E-state index contributed by atoms with van der Waals surface area (Å²) >= 11 is 11.7. The number of hydrogen-bond acceptors (Lipinski definition) is 4. The molecular weight excluding hydrogens is 291 g/mol. The van der Waals surface area contributed by atoms with Crippen molar-refractivity contribution in [3.8, 4) is 0 Å². The molecule has 1 heterocycles. The normalized spacial score (nSPS) is 11.9. The van der Waals surface area contributed by atoms with Crippen LogP contribution >= 0.6 is 23.2 Å². The molecule has 0 aromatic carbocycles. The minimum atomic E-state index is -0.706. The SMILES string of the molecule is COC(=O)[C@H](C)N(C)C(=O)c1cc(Cl)nc(Cl)c1C. The van der Waals surface area contributed by atoms with Gasteiger partial charge in [0, 0.05) is 12.6 Å². The van der Waals surface area contributed by atoms with Gasteiger partial charge in [0.15, 0.2) is 0 Å². The lowest BCUT2D eigenvalue weighted by molar-refractivity contribution is -0.144. The standard InChI is InChI=1S/C12H14Cl2N2O3/c1-6-8(5-9(13)15-10(6)14)11(17)16(3)7(2)12(18)19-4/h5,7H,1-4H3/t7-/m0/s1. The van der Waals surface area contributed by atoms with Crippen molar-refractivity contribution in [2.75, 3.05) is 14.2 Å². The second-order valence-electron chi connectivity index (χ2n) is 4.02. The van der Waals surface area contributed by atoms with E-state index in [4.69, 9.17) is 23.2 Å². The summed E-state index contributed by atoms with van der Waals surface area (Å²) in [5, 5.41) is 0.285. The summed E-state index contributed by atoms with van der Waals surface area (Å²) in [6.07, 6.45) is 0. The number of amides is 1. The molecule has 0 unspecified atom stereocenters. The lowest BCUT2D eigenvalue weighted by Gasteiger charge is -2.23. The van der Waals surface area contributed by atoms with Gasteiger partial charge >= 0.3 is 5.97 Å². The van der Waals surface area contributed by atoms with Gasteiger partial charge < -0.3 is 9.64 Å². The van der Waals surface area contributed by atoms with Crippen molar-refractivity contribution in [1.29, 1.82) is 0 Å². The van der Waals surface area contributed by atoms with Gasteiger partial charge in [-0.15, -0.1) is 0 Å². The minimum Gasteiger partial charge on any atom is -0.467 e. The summed E-state index contributed by atoms with van der Waals surface area (Å²) < 4.78 is 4.60. The van der Waals surface area contributed by atoms with Crippen molar-refractivity contribution in [2.45, 2.75) is 19.9 Å². The van der Waals surface area contributed by atoms with Crippen LogP contribution in [-0.4, -0.2) is 42.0 Å². The van der Waals surface area contributed by atoms with Crippen LogP contribution in [-0.2, 0) is 9.53 Å². The monoisotopic (exact) mass is 304 g/mol. The number of carbonyl (C=O) groups excluding carboxylic acids is 2. The number of halogens is 2. The third-order valence-corrected chi connectivity index (χ3v) is 3.42. The Morgan fingerprint density at radius 1 is 1.42 bits per heavy atom. The first-order chi connectivity index (χ1) is 8.79. The van der Waals surface area contributed by atoms with E-state index >= 15 is 0 Å². The number of pyridine rings is 1. The number of ether oxygens (including phenoxy) is 1. The quantitative estimate of drug-likeness (QED) is 0.635. The Balaban J connectivity index is 3.10. The molecule has 0 spiro atoms. The van der Waals surface area contributed by atoms with E-state index < -0.39 is 12.0 Å². The molecule has 0 aliphatic rings. The van der Waals surface area contributed by atoms with Gasteiger partial charge in [-0.1, -0.05) is 23.2 Å². The highest BCUT2D eigenvalue weighted by molar-refractivity contribution is 6.33. The molecule has 0 aliphatic heterocycles. The van der Waals surface area contributed by atoms with Gasteiger partial charge in [0.1, 0.15) is 16.3 Å². The Hall–Kier alpha value is -1.33. The highest BCUT2D eigenvalue weighted by atomic mass is 35.5. The molecular formula is C12H14Cl2N2O3. The van der Waals surface area contributed by atoms with Gasteiger partial charge in [0.05, 0.1) is 7.11 Å². The van der Waals surface area contributed by atoms with E-state index in [1.165, 1.54) is 25.1 Å². The van der Waals surface area contributed by atoms with Crippen LogP contribution in [0, 0.1) is 6.92 Å². The maximum atomic E-state index is 12.3. The zero-order chi connectivity index (χ0) is 14.7. The van der Waals surface area contributed by atoms with Crippen LogP contribution in [0.3, 0.4) is 0 Å². The summed E-state index contributed by atoms with van der Waals surface area (Å²) in [4.78, 5) is 28.8. The molecule has 0 radical (unpaired) electrons. The maximum Gasteiger partial charge on any atom is 0.328 e. The first-order valence-electron chi connectivity index (χ1n) is 5.47. The fraction of sp³-hybridized carbons (Fsp3) is 0.417. The lowest BCUT2D eigenvalue weighted by Crippen LogP contribution is -2.41. The second kappa shape index (κ2) is 6.21. The maximum absolute atomic E-state index is 12.3. The Bertz CT molecular complexity index is 520. The van der Waals surface area contributed by atoms with Gasteiger partial charge in [0.25, 0.3) is 5.91 Å². The van der Waals surface area contributed by atoms with Crippen LogP contribution in [0.15, 0.2) is 6.07 Å². The third kappa shape index (κ3) is 3.36. The Morgan fingerprint density at radius 3 is 2.53 bits per heavy atom. The predicted octanol–water partition coefficient (Wildman–Crippen LogP) is 2.33. The van der Waals surface area contributed by atoms with Crippen molar-refractivity contribution >= 4 is 35.1 Å². The summed E-state index contributed by atoms with van der Waals surface area (Å²) in [5.41, 5.74) is 0.822. The van der Waals surface area contributed by atoms with Crippen LogP contribution < -0.4 is 0 Å². The van der Waals surface area contributed by atoms with Crippen LogP contribution in [0.2, 0.25) is 10.3 Å². The third-order valence-electron chi connectivity index (χ3n) is 2.86. The Labute approximate surface area is 121 Å². The highest BCUT2D eigenvalue weighted by Crippen LogP contribution is 2.22. The molecule has 1 rings (SSSR count). The number of likely N-dealkylation sites (N-methyl/N-ethyl adjacent to an activating group) is 1. The van der Waals surface area contributed by atoms with E-state index in [2.05, 4.69) is 9.72 Å². The van der Waals surface area contributed by atoms with Crippen LogP contribution in [0.1, 0.15) is 22.8 Å². The van der Waals surface area contributed by atoms with Gasteiger partial charge in [-0.05, 0) is 25.5 Å². The van der Waals surface area contributed by atoms with E-state index in [1.54, 1.807) is 13.8 Å². The number of carbonyl (C=O) groups is 2. The zero-order valence-corrected chi connectivity index (χ0v) is 12.5. The molecule has 104 valence electrons. The number of esters is 1. The number of hydrogen-bond donors (Lipinski definition) is 0. The van der Waals surface area contributed by atoms with E-state index in [9.17, 15) is 9.59 Å². The summed E-state index contributed by atoms with van der Waals surface area (Å²) in [5.74, 6) is -0.874. The van der Waals surface area contributed by atoms with Crippen molar-refractivity contribution in [3.05, 3.63) is 27.5 Å². The van der Waals surface area contributed by atoms with E-state index in [1.807, 2.05) is 0 Å². The fourth-order valence-corrected chi connectivity index (χ4v) is 1.89. The smallest absolute Gasteiger partial charge is 0.328 e. The molecule has 0 saturated heterocycles. The number of rotatable bonds is 3. The predicted molar refractivity (Wildman–Crippen MR) is 72.6 cm³/mol. The van der Waals surface area contributed by atoms with Crippen molar-refractivity contribution in [2.24, 2.45) is 0 Å². The largest absolute Gasteiger partial charge is 0.467 e. The molecule has 1 atom stereocenters. The molecule has 0 bridgehead atoms. The van der Waals surface area contributed by atoms with E-state index in [-0.39, 0.29) is 16.2 Å². The second-order valence-corrected chi connectivity index (χ2v) is 4.77. The fourth-order valence-electron chi connectivity index (χ4n) is 1.47. The summed E-state index contributed by atoms with van der Waals surface area (Å²) in [6.45, 7) is 3.24. The molecule has 0 N–H and O–H groups in total. The van der Waals surface area contributed by atoms with Crippen molar-refractivity contribution in [1.82, 2.24) is 9.88 Å². The van der Waals surface area contributed by atoms with Gasteiger partial charge in [-0.3, -0.25) is 4.79 Å². The number of nitrogens with zero attached hydrogens (tertiary/aromatic N) is 2. The van der Waals surface area contributed by atoms with E-state index in [0.717, 1.165) is 0 Å². The van der Waals surface area contributed by atoms with Gasteiger partial charge in [-0.25, -0.2) is 9.78 Å². The zero-order valence-electron chi connectivity index (χ0n) is 11.0. The Kier molecular flexibility index (Phi) is 5.14. The van der Waals surface area contributed by atoms with Crippen LogP contribution in [0.25, 0.3) is 0 Å². The molecule has 1 aromatic heterocycles. The first-order valence-corrected chi connectivity index (χ1v) is 6.22. The molecule has 0 aliphatic carbocycles. The van der Waals surface area contributed by atoms with Gasteiger partial charge in [0.2, 0.25) is 0 Å². The number of aromatic nitrogens is 1. The van der Waals surface area contributed by atoms with E-state index in [0.29, 0.717) is 11.1 Å². The van der Waals surface area contributed by atoms with Crippen molar-refractivity contribution < 1.29 is 14.3 Å². The molecule has 0 fully saturated rings. The van der Waals surface area contributed by atoms with Gasteiger partial charge in [-0.2, -0.15) is 0 Å². The number of methoxy groups -OCH3 is 1. The summed E-state index contributed by atoms with van der Waals surface area (Å²) in [7, 11) is 2.77. The van der Waals surface area contributed by atoms with Crippen LogP contribution in [0.4, 0.5) is 0 Å². The average Bonchev–Trinajstić information content (AvgIpc) is 2.39. The highest BCUT2D eigenvalue weighted by Gasteiger charge is 2.26. The van der Waals surface area contributed by atoms with Crippen molar-refractivity contribution in [3.63, 3.8) is 0 Å². The molecule has 1 amide bonds. The summed E-state index contributed by atoms with van der Waals surface area (Å²) in [6, 6.07) is 0.716. The topological polar surface area (TPSA) is 59.5 Å². The molecule has 7 heteroatoms. The first kappa shape index (κ1) is 15.7. The minimum absolute atomic E-state index is 0.123. The molecule has 19 heavy (non-hydrogen) atoms. The molecule has 0 saturated carbocycles. The average molecular weight is 305 g/mol. The Morgan fingerprint density at radius 2 is 2.00 bits per heavy atom. The molecule has 1 aromatic rings. The molecule has 5 nitrogen and oxygen atoms in total.